The van der Waals surface area contributed by atoms with Gasteiger partial charge in [0.15, 0.2) is 17.5 Å². The Morgan fingerprint density at radius 2 is 1.50 bits per heavy atom. The lowest BCUT2D eigenvalue weighted by atomic mass is 10.1. The average molecular weight is 387 g/mol. The van der Waals surface area contributed by atoms with Gasteiger partial charge in [-0.15, -0.1) is 0 Å². The summed E-state index contributed by atoms with van der Waals surface area (Å²) in [5, 5.41) is 6.61. The first-order valence-electron chi connectivity index (χ1n) is 9.02. The van der Waals surface area contributed by atoms with Crippen LogP contribution in [0, 0.1) is 0 Å². The molecular weight excluding hydrogens is 358 g/mol. The van der Waals surface area contributed by atoms with E-state index in [0.29, 0.717) is 29.8 Å². The molecule has 0 bridgehead atoms. The summed E-state index contributed by atoms with van der Waals surface area (Å²) in [5.74, 6) is 3.43. The maximum absolute atomic E-state index is 5.52. The van der Waals surface area contributed by atoms with E-state index in [-0.39, 0.29) is 0 Å². The van der Waals surface area contributed by atoms with E-state index >= 15 is 0 Å². The highest BCUT2D eigenvalue weighted by atomic mass is 16.5. The molecule has 0 spiro atoms. The van der Waals surface area contributed by atoms with Gasteiger partial charge < -0.3 is 29.6 Å². The van der Waals surface area contributed by atoms with Crippen molar-refractivity contribution in [2.75, 3.05) is 42.0 Å². The van der Waals surface area contributed by atoms with Crippen LogP contribution in [-0.2, 0) is 13.0 Å². The molecule has 0 fully saturated rings. The molecule has 2 rings (SSSR count). The smallest absolute Gasteiger partial charge is 0.203 e. The summed E-state index contributed by atoms with van der Waals surface area (Å²) in [6, 6.07) is 11.8. The van der Waals surface area contributed by atoms with Crippen molar-refractivity contribution >= 4 is 5.96 Å². The van der Waals surface area contributed by atoms with Crippen molar-refractivity contribution < 1.29 is 18.9 Å². The molecule has 0 unspecified atom stereocenters. The van der Waals surface area contributed by atoms with E-state index in [0.717, 1.165) is 29.8 Å². The molecule has 152 valence electrons. The number of benzene rings is 2. The number of aliphatic imine (C=N–C) groups is 1. The van der Waals surface area contributed by atoms with Crippen LogP contribution in [0.15, 0.2) is 41.4 Å². The fourth-order valence-corrected chi connectivity index (χ4v) is 2.93. The molecule has 28 heavy (non-hydrogen) atoms. The SMILES string of the molecule is CN=C(NCCc1ccccc1OC)NCc1ccc(OC)c(OC)c1OC. The molecule has 0 saturated heterocycles. The first-order valence-corrected chi connectivity index (χ1v) is 9.02. The van der Waals surface area contributed by atoms with Gasteiger partial charge in [-0.1, -0.05) is 18.2 Å². The molecule has 0 aliphatic heterocycles. The predicted molar refractivity (Wildman–Crippen MR) is 111 cm³/mol. The molecule has 2 aromatic carbocycles. The van der Waals surface area contributed by atoms with Crippen molar-refractivity contribution in [2.24, 2.45) is 4.99 Å². The van der Waals surface area contributed by atoms with Crippen LogP contribution in [0.1, 0.15) is 11.1 Å². The average Bonchev–Trinajstić information content (AvgIpc) is 2.75. The van der Waals surface area contributed by atoms with Crippen LogP contribution in [0.4, 0.5) is 0 Å². The Balaban J connectivity index is 1.97. The Bertz CT molecular complexity index is 793. The Hall–Kier alpha value is -3.09. The van der Waals surface area contributed by atoms with E-state index in [1.165, 1.54) is 0 Å². The van der Waals surface area contributed by atoms with Crippen molar-refractivity contribution in [1.29, 1.82) is 0 Å². The summed E-state index contributed by atoms with van der Waals surface area (Å²) in [6.45, 7) is 1.25. The molecular formula is C21H29N3O4. The van der Waals surface area contributed by atoms with Gasteiger partial charge >= 0.3 is 0 Å². The molecule has 2 N–H and O–H groups in total. The summed E-state index contributed by atoms with van der Waals surface area (Å²) in [4.78, 5) is 4.28. The summed E-state index contributed by atoms with van der Waals surface area (Å²) in [7, 11) is 8.23. The van der Waals surface area contributed by atoms with Gasteiger partial charge in [0.25, 0.3) is 0 Å². The lowest BCUT2D eigenvalue weighted by Crippen LogP contribution is -2.38. The second-order valence-electron chi connectivity index (χ2n) is 5.91. The zero-order chi connectivity index (χ0) is 20.4. The molecule has 0 heterocycles. The highest BCUT2D eigenvalue weighted by Crippen LogP contribution is 2.39. The van der Waals surface area contributed by atoms with E-state index in [1.807, 2.05) is 30.3 Å². The number of guanidine groups is 1. The molecule has 0 aromatic heterocycles. The highest BCUT2D eigenvalue weighted by molar-refractivity contribution is 5.79. The number of para-hydroxylation sites is 1. The number of ether oxygens (including phenoxy) is 4. The number of hydrogen-bond donors (Lipinski definition) is 2. The first kappa shape index (κ1) is 21.2. The number of hydrogen-bond acceptors (Lipinski definition) is 5. The van der Waals surface area contributed by atoms with Crippen LogP contribution in [0.2, 0.25) is 0 Å². The Kier molecular flexibility index (Phi) is 8.27. The molecule has 0 aliphatic carbocycles. The number of rotatable bonds is 9. The predicted octanol–water partition coefficient (Wildman–Crippen LogP) is 2.63. The van der Waals surface area contributed by atoms with Crippen molar-refractivity contribution in [3.63, 3.8) is 0 Å². The van der Waals surface area contributed by atoms with Crippen molar-refractivity contribution in [3.8, 4) is 23.0 Å². The lowest BCUT2D eigenvalue weighted by molar-refractivity contribution is 0.322. The lowest BCUT2D eigenvalue weighted by Gasteiger charge is -2.17. The highest BCUT2D eigenvalue weighted by Gasteiger charge is 2.15. The second-order valence-corrected chi connectivity index (χ2v) is 5.91. The summed E-state index contributed by atoms with van der Waals surface area (Å²) in [6.07, 6.45) is 0.824. The quantitative estimate of drug-likeness (QED) is 0.509. The zero-order valence-electron chi connectivity index (χ0n) is 17.2. The fourth-order valence-electron chi connectivity index (χ4n) is 2.93. The largest absolute Gasteiger partial charge is 0.496 e. The van der Waals surface area contributed by atoms with Crippen LogP contribution >= 0.6 is 0 Å². The van der Waals surface area contributed by atoms with E-state index in [2.05, 4.69) is 21.7 Å². The Morgan fingerprint density at radius 1 is 0.786 bits per heavy atom. The van der Waals surface area contributed by atoms with E-state index in [1.54, 1.807) is 35.5 Å². The monoisotopic (exact) mass is 387 g/mol. The first-order chi connectivity index (χ1) is 13.7. The van der Waals surface area contributed by atoms with Gasteiger partial charge in [0.2, 0.25) is 5.75 Å². The Morgan fingerprint density at radius 3 is 2.14 bits per heavy atom. The summed E-state index contributed by atoms with van der Waals surface area (Å²) < 4.78 is 21.7. The van der Waals surface area contributed by atoms with Crippen molar-refractivity contribution in [2.45, 2.75) is 13.0 Å². The standard InChI is InChI=1S/C21H29N3O4/c1-22-21(23-13-12-15-8-6-7-9-17(15)25-2)24-14-16-10-11-18(26-3)20(28-5)19(16)27-4/h6-11H,12-14H2,1-5H3,(H2,22,23,24). The van der Waals surface area contributed by atoms with Gasteiger partial charge in [-0.3, -0.25) is 4.99 Å². The summed E-state index contributed by atoms with van der Waals surface area (Å²) >= 11 is 0. The van der Waals surface area contributed by atoms with Crippen molar-refractivity contribution in [1.82, 2.24) is 10.6 Å². The molecule has 0 atom stereocenters. The van der Waals surface area contributed by atoms with Gasteiger partial charge in [0.05, 0.1) is 28.4 Å². The molecule has 7 heteroatoms. The minimum Gasteiger partial charge on any atom is -0.496 e. The molecule has 2 aromatic rings. The van der Waals surface area contributed by atoms with Gasteiger partial charge in [-0.25, -0.2) is 0 Å². The van der Waals surface area contributed by atoms with Crippen molar-refractivity contribution in [3.05, 3.63) is 47.5 Å². The van der Waals surface area contributed by atoms with Crippen LogP contribution in [0.3, 0.4) is 0 Å². The number of nitrogens with one attached hydrogen (secondary N) is 2. The van der Waals surface area contributed by atoms with E-state index < -0.39 is 0 Å². The van der Waals surface area contributed by atoms with Crippen LogP contribution in [0.25, 0.3) is 0 Å². The molecule has 0 saturated carbocycles. The minimum atomic E-state index is 0.526. The third-order valence-electron chi connectivity index (χ3n) is 4.33. The van der Waals surface area contributed by atoms with Gasteiger partial charge in [0, 0.05) is 25.7 Å². The zero-order valence-corrected chi connectivity index (χ0v) is 17.2. The third-order valence-corrected chi connectivity index (χ3v) is 4.33. The summed E-state index contributed by atoms with van der Waals surface area (Å²) in [5.41, 5.74) is 2.09. The minimum absolute atomic E-state index is 0.526. The normalized spacial score (nSPS) is 11.0. The number of methoxy groups -OCH3 is 4. The topological polar surface area (TPSA) is 73.3 Å². The van der Waals surface area contributed by atoms with Crippen LogP contribution in [0.5, 0.6) is 23.0 Å². The second kappa shape index (κ2) is 10.9. The number of nitrogens with zero attached hydrogens (tertiary/aromatic N) is 1. The third kappa shape index (κ3) is 5.22. The maximum atomic E-state index is 5.52. The van der Waals surface area contributed by atoms with Crippen LogP contribution < -0.4 is 29.6 Å². The molecule has 0 amide bonds. The maximum Gasteiger partial charge on any atom is 0.203 e. The van der Waals surface area contributed by atoms with E-state index in [9.17, 15) is 0 Å². The van der Waals surface area contributed by atoms with Gasteiger partial charge in [-0.05, 0) is 30.2 Å². The molecule has 0 radical (unpaired) electrons. The van der Waals surface area contributed by atoms with Crippen LogP contribution in [-0.4, -0.2) is 48.0 Å². The Labute approximate surface area is 166 Å². The molecule has 7 nitrogen and oxygen atoms in total. The van der Waals surface area contributed by atoms with Gasteiger partial charge in [-0.2, -0.15) is 0 Å². The molecule has 0 aliphatic rings. The fraction of sp³-hybridized carbons (Fsp3) is 0.381. The van der Waals surface area contributed by atoms with Gasteiger partial charge in [0.1, 0.15) is 5.75 Å². The van der Waals surface area contributed by atoms with E-state index in [4.69, 9.17) is 18.9 Å².